The van der Waals surface area contributed by atoms with Crippen LogP contribution in [0, 0.1) is 0 Å². The third-order valence-corrected chi connectivity index (χ3v) is 13.6. The van der Waals surface area contributed by atoms with Crippen LogP contribution in [0.2, 0.25) is 0 Å². The van der Waals surface area contributed by atoms with Crippen LogP contribution in [-0.4, -0.2) is 140 Å². The van der Waals surface area contributed by atoms with Crippen LogP contribution < -0.4 is 5.32 Å². The molecule has 0 bridgehead atoms. The van der Waals surface area contributed by atoms with E-state index in [1.807, 2.05) is 6.08 Å². The molecular weight excluding hydrogens is 931 g/mol. The first kappa shape index (κ1) is 66.5. The Kier molecular flexibility index (Phi) is 40.6. The highest BCUT2D eigenvalue weighted by atomic mass is 16.7. The lowest BCUT2D eigenvalue weighted by atomic mass is 9.97. The first-order chi connectivity index (χ1) is 35.6. The van der Waals surface area contributed by atoms with E-state index in [1.165, 1.54) is 83.5 Å². The maximum absolute atomic E-state index is 13.2. The highest BCUT2D eigenvalue weighted by molar-refractivity contribution is 5.76. The molecule has 0 saturated carbocycles. The molecule has 9 N–H and O–H groups in total. The molecule has 14 nitrogen and oxygen atoms in total. The van der Waals surface area contributed by atoms with E-state index in [-0.39, 0.29) is 18.9 Å². The predicted octanol–water partition coefficient (Wildman–Crippen LogP) is 9.16. The van der Waals surface area contributed by atoms with Gasteiger partial charge >= 0.3 is 0 Å². The topological polar surface area (TPSA) is 228 Å². The zero-order valence-electron chi connectivity index (χ0n) is 45.1. The monoisotopic (exact) mass is 1030 g/mol. The lowest BCUT2D eigenvalue weighted by Gasteiger charge is -2.46. The molecule has 73 heavy (non-hydrogen) atoms. The molecule has 0 spiro atoms. The summed E-state index contributed by atoms with van der Waals surface area (Å²) in [6, 6.07) is -0.947. The largest absolute Gasteiger partial charge is 0.394 e. The predicted molar refractivity (Wildman–Crippen MR) is 290 cm³/mol. The van der Waals surface area contributed by atoms with E-state index in [2.05, 4.69) is 79.9 Å². The van der Waals surface area contributed by atoms with Gasteiger partial charge in [-0.3, -0.25) is 4.79 Å². The quantitative estimate of drug-likeness (QED) is 0.0205. The number of carbonyl (C=O) groups excluding carboxylic acids is 1. The maximum atomic E-state index is 13.2. The average Bonchev–Trinajstić information content (AvgIpc) is 3.39. The average molecular weight is 1030 g/mol. The Morgan fingerprint density at radius 2 is 0.959 bits per heavy atom. The third kappa shape index (κ3) is 30.7. The van der Waals surface area contributed by atoms with Gasteiger partial charge in [-0.15, -0.1) is 0 Å². The van der Waals surface area contributed by atoms with Crippen LogP contribution in [0.3, 0.4) is 0 Å². The summed E-state index contributed by atoms with van der Waals surface area (Å²) in [5, 5.41) is 87.0. The molecule has 0 aliphatic carbocycles. The fraction of sp³-hybridized carbons (Fsp3) is 0.780. The highest BCUT2D eigenvalue weighted by Crippen LogP contribution is 2.30. The van der Waals surface area contributed by atoms with Gasteiger partial charge in [0, 0.05) is 6.42 Å². The van der Waals surface area contributed by atoms with Crippen LogP contribution in [0.1, 0.15) is 200 Å². The maximum Gasteiger partial charge on any atom is 0.220 e. The minimum Gasteiger partial charge on any atom is -0.394 e. The fourth-order valence-corrected chi connectivity index (χ4v) is 8.98. The number of ether oxygens (including phenoxy) is 4. The van der Waals surface area contributed by atoms with Crippen molar-refractivity contribution in [3.8, 4) is 0 Å². The van der Waals surface area contributed by atoms with E-state index in [0.717, 1.165) is 83.5 Å². The van der Waals surface area contributed by atoms with Crippen LogP contribution in [-0.2, 0) is 23.7 Å². The number of hydrogen-bond acceptors (Lipinski definition) is 13. The van der Waals surface area contributed by atoms with Crippen LogP contribution >= 0.6 is 0 Å². The first-order valence-corrected chi connectivity index (χ1v) is 28.7. The molecule has 1 amide bonds. The van der Waals surface area contributed by atoms with Crippen molar-refractivity contribution in [1.82, 2.24) is 5.32 Å². The lowest BCUT2D eigenvalue weighted by Crippen LogP contribution is -2.65. The van der Waals surface area contributed by atoms with Crippen molar-refractivity contribution in [3.05, 3.63) is 72.9 Å². The van der Waals surface area contributed by atoms with Gasteiger partial charge in [-0.25, -0.2) is 0 Å². The molecule has 422 valence electrons. The van der Waals surface area contributed by atoms with Crippen LogP contribution in [0.5, 0.6) is 0 Å². The van der Waals surface area contributed by atoms with E-state index in [9.17, 15) is 45.6 Å². The summed E-state index contributed by atoms with van der Waals surface area (Å²) in [6.07, 6.45) is 40.8. The number of hydrogen-bond donors (Lipinski definition) is 9. The van der Waals surface area contributed by atoms with Crippen molar-refractivity contribution in [2.24, 2.45) is 0 Å². The second-order valence-corrected chi connectivity index (χ2v) is 20.0. The highest BCUT2D eigenvalue weighted by Gasteiger charge is 2.51. The second-order valence-electron chi connectivity index (χ2n) is 20.0. The Balaban J connectivity index is 1.82. The summed E-state index contributed by atoms with van der Waals surface area (Å²) < 4.78 is 22.7. The fourth-order valence-electron chi connectivity index (χ4n) is 8.98. The van der Waals surface area contributed by atoms with E-state index < -0.39 is 86.8 Å². The van der Waals surface area contributed by atoms with Crippen molar-refractivity contribution in [2.75, 3.05) is 19.8 Å². The van der Waals surface area contributed by atoms with Gasteiger partial charge in [-0.1, -0.05) is 189 Å². The van der Waals surface area contributed by atoms with Crippen LogP contribution in [0.15, 0.2) is 72.9 Å². The van der Waals surface area contributed by atoms with Gasteiger partial charge in [0.15, 0.2) is 12.6 Å². The molecule has 0 radical (unpaired) electrons. The molecule has 14 heteroatoms. The number of aliphatic hydroxyl groups excluding tert-OH is 8. The van der Waals surface area contributed by atoms with Gasteiger partial charge in [-0.05, 0) is 77.0 Å². The minimum atomic E-state index is -1.80. The smallest absolute Gasteiger partial charge is 0.220 e. The molecule has 2 aliphatic rings. The van der Waals surface area contributed by atoms with Crippen molar-refractivity contribution in [3.63, 3.8) is 0 Å². The zero-order valence-corrected chi connectivity index (χ0v) is 45.1. The van der Waals surface area contributed by atoms with E-state index in [1.54, 1.807) is 6.08 Å². The summed E-state index contributed by atoms with van der Waals surface area (Å²) in [5.74, 6) is -0.266. The number of rotatable bonds is 44. The van der Waals surface area contributed by atoms with Gasteiger partial charge in [0.1, 0.15) is 48.8 Å². The Morgan fingerprint density at radius 1 is 0.507 bits per heavy atom. The minimum absolute atomic E-state index is 0.255. The van der Waals surface area contributed by atoms with Gasteiger partial charge in [-0.2, -0.15) is 0 Å². The molecule has 2 heterocycles. The molecule has 0 aromatic heterocycles. The standard InChI is InChI=1S/C59H103NO13/c1-3-5-7-9-11-13-15-17-19-21-22-23-24-25-27-28-30-32-34-36-38-40-42-48(63)47(60-51(64)43-41-39-37-35-33-31-29-26-20-18-16-14-12-10-8-6-4-2)46-70-58-56(69)54(67)57(50(45-62)72-58)73-59-55(68)53(66)52(65)49(44-61)71-59/h6,8,12,14,18,20,25,27,32,34,40,42,47-50,52-59,61-63,65-69H,3-5,7,9-11,13,15-17,19,21-24,26,28-31,33,35-39,41,43-46H2,1-2H3,(H,60,64)/b8-6-,14-12-,20-18-,27-25+,34-32+,42-40+. The molecule has 2 aliphatic heterocycles. The Labute approximate surface area is 440 Å². The van der Waals surface area contributed by atoms with Crippen LogP contribution in [0.4, 0.5) is 0 Å². The number of amides is 1. The number of carbonyl (C=O) groups is 1. The Morgan fingerprint density at radius 3 is 1.51 bits per heavy atom. The molecule has 2 saturated heterocycles. The van der Waals surface area contributed by atoms with Crippen LogP contribution in [0.25, 0.3) is 0 Å². The molecule has 2 rings (SSSR count). The zero-order chi connectivity index (χ0) is 53.2. The van der Waals surface area contributed by atoms with Crippen molar-refractivity contribution >= 4 is 5.91 Å². The molecule has 12 unspecified atom stereocenters. The van der Waals surface area contributed by atoms with Crippen molar-refractivity contribution in [1.29, 1.82) is 0 Å². The van der Waals surface area contributed by atoms with Gasteiger partial charge in [0.25, 0.3) is 0 Å². The molecule has 2 fully saturated rings. The van der Waals surface area contributed by atoms with Gasteiger partial charge in [0.2, 0.25) is 5.91 Å². The summed E-state index contributed by atoms with van der Waals surface area (Å²) >= 11 is 0. The number of unbranched alkanes of at least 4 members (excludes halogenated alkanes) is 21. The van der Waals surface area contributed by atoms with E-state index in [4.69, 9.17) is 18.9 Å². The number of aliphatic hydroxyl groups is 8. The van der Waals surface area contributed by atoms with Crippen molar-refractivity contribution < 1.29 is 64.6 Å². The first-order valence-electron chi connectivity index (χ1n) is 28.7. The third-order valence-electron chi connectivity index (χ3n) is 13.6. The summed E-state index contributed by atoms with van der Waals surface area (Å²) in [6.45, 7) is 2.65. The van der Waals surface area contributed by atoms with E-state index >= 15 is 0 Å². The van der Waals surface area contributed by atoms with Crippen molar-refractivity contribution in [2.45, 2.75) is 274 Å². The lowest BCUT2D eigenvalue weighted by molar-refractivity contribution is -0.359. The molecule has 0 aromatic carbocycles. The summed E-state index contributed by atoms with van der Waals surface area (Å²) in [7, 11) is 0. The number of allylic oxidation sites excluding steroid dienone is 11. The normalized spacial score (nSPS) is 25.9. The molecule has 0 aromatic rings. The SMILES string of the molecule is CC/C=C\C/C=C\C/C=C\CCCCCCCCCC(=O)NC(COC1OC(CO)C(OC2OC(CO)C(O)C(O)C2O)C(O)C1O)C(O)/C=C/CC/C=C/CC/C=C/CCCCCCCCCCCCCC. The van der Waals surface area contributed by atoms with Gasteiger partial charge in [0.05, 0.1) is 32.0 Å². The Hall–Kier alpha value is -2.57. The molecule has 12 atom stereocenters. The second kappa shape index (κ2) is 44.5. The Bertz CT molecular complexity index is 1500. The molecular formula is C59H103NO13. The van der Waals surface area contributed by atoms with E-state index in [0.29, 0.717) is 12.8 Å². The van der Waals surface area contributed by atoms with Gasteiger partial charge < -0.3 is 65.1 Å². The number of nitrogens with one attached hydrogen (secondary N) is 1. The summed E-state index contributed by atoms with van der Waals surface area (Å²) in [5.41, 5.74) is 0. The summed E-state index contributed by atoms with van der Waals surface area (Å²) in [4.78, 5) is 13.2.